The summed E-state index contributed by atoms with van der Waals surface area (Å²) in [5, 5.41) is 15.6. The summed E-state index contributed by atoms with van der Waals surface area (Å²) in [6.07, 6.45) is 3.26. The minimum atomic E-state index is -0.310. The number of rotatable bonds is 5. The van der Waals surface area contributed by atoms with E-state index in [2.05, 4.69) is 39.1 Å². The molecule has 2 aromatic heterocycles. The van der Waals surface area contributed by atoms with E-state index in [4.69, 9.17) is 9.72 Å². The van der Waals surface area contributed by atoms with Gasteiger partial charge in [-0.3, -0.25) is 4.79 Å². The summed E-state index contributed by atoms with van der Waals surface area (Å²) >= 11 is 0. The van der Waals surface area contributed by atoms with Crippen molar-refractivity contribution in [1.29, 1.82) is 5.26 Å². The Morgan fingerprint density at radius 3 is 2.64 bits per heavy atom. The van der Waals surface area contributed by atoms with E-state index in [9.17, 15) is 14.4 Å². The van der Waals surface area contributed by atoms with Crippen molar-refractivity contribution in [3.8, 4) is 23.1 Å². The third kappa shape index (κ3) is 4.53. The summed E-state index contributed by atoms with van der Waals surface area (Å²) in [4.78, 5) is 19.5. The highest BCUT2D eigenvalue weighted by Crippen LogP contribution is 2.39. The number of benzene rings is 4. The van der Waals surface area contributed by atoms with Crippen molar-refractivity contribution in [3.05, 3.63) is 90.2 Å². The molecule has 0 radical (unpaired) electrons. The van der Waals surface area contributed by atoms with Gasteiger partial charge in [0, 0.05) is 35.0 Å². The Balaban J connectivity index is 1.32. The number of para-hydroxylation sites is 1. The molecule has 0 amide bonds. The number of carbonyl (C=O) groups excluding carboxylic acids is 1. The number of imidazole rings is 1. The van der Waals surface area contributed by atoms with E-state index in [1.165, 1.54) is 19.1 Å². The van der Waals surface area contributed by atoms with E-state index >= 15 is 0 Å². The minimum absolute atomic E-state index is 0.0418. The van der Waals surface area contributed by atoms with E-state index in [1.807, 2.05) is 42.5 Å². The number of ether oxygens (including phenoxy) is 1. The number of fused-ring (bicyclic) bond motifs is 4. The zero-order valence-corrected chi connectivity index (χ0v) is 23.0. The van der Waals surface area contributed by atoms with Gasteiger partial charge in [0.05, 0.1) is 33.3 Å². The van der Waals surface area contributed by atoms with Gasteiger partial charge in [0.25, 0.3) is 0 Å². The molecule has 42 heavy (non-hydrogen) atoms. The molecule has 0 atom stereocenters. The van der Waals surface area contributed by atoms with Gasteiger partial charge in [0.1, 0.15) is 23.8 Å². The second-order valence-electron chi connectivity index (χ2n) is 10.9. The average Bonchev–Trinajstić information content (AvgIpc) is 3.57. The summed E-state index contributed by atoms with van der Waals surface area (Å²) in [5.74, 6) is 0.125. The largest absolute Gasteiger partial charge is 0.463 e. The Labute approximate surface area is 241 Å². The molecule has 4 aromatic carbocycles. The first kappa shape index (κ1) is 25.8. The molecule has 0 spiro atoms. The zero-order valence-electron chi connectivity index (χ0n) is 23.0. The molecule has 1 aliphatic carbocycles. The first-order valence-electron chi connectivity index (χ1n) is 14.1. The fourth-order valence-corrected chi connectivity index (χ4v) is 6.27. The van der Waals surface area contributed by atoms with Crippen molar-refractivity contribution in [1.82, 2.24) is 14.5 Å². The Morgan fingerprint density at radius 1 is 1.02 bits per heavy atom. The maximum absolute atomic E-state index is 13.9. The fourth-order valence-electron chi connectivity index (χ4n) is 6.27. The Hall–Kier alpha value is -5.16. The maximum atomic E-state index is 13.9. The highest BCUT2D eigenvalue weighted by atomic mass is 19.1. The zero-order chi connectivity index (χ0) is 28.8. The van der Waals surface area contributed by atoms with E-state index < -0.39 is 0 Å². The summed E-state index contributed by atoms with van der Waals surface area (Å²) in [6, 6.07) is 27.3. The molecule has 0 unspecified atom stereocenters. The molecule has 1 saturated carbocycles. The normalized spacial score (nSPS) is 17.0. The number of nitrogens with one attached hydrogen (secondary N) is 2. The van der Waals surface area contributed by atoms with Crippen LogP contribution < -0.4 is 5.32 Å². The van der Waals surface area contributed by atoms with Crippen LogP contribution in [0.5, 0.6) is 0 Å². The molecule has 7 nitrogen and oxygen atoms in total. The highest BCUT2D eigenvalue weighted by molar-refractivity contribution is 6.15. The molecular weight excluding hydrogens is 529 g/mol. The molecule has 0 aliphatic heterocycles. The molecule has 1 aliphatic rings. The van der Waals surface area contributed by atoms with Crippen LogP contribution in [0.3, 0.4) is 0 Å². The van der Waals surface area contributed by atoms with Crippen molar-refractivity contribution < 1.29 is 13.9 Å². The van der Waals surface area contributed by atoms with Gasteiger partial charge in [-0.05, 0) is 74.2 Å². The fraction of sp³-hybridized carbons (Fsp3) is 0.206. The Bertz CT molecular complexity index is 2030. The maximum Gasteiger partial charge on any atom is 0.302 e. The van der Waals surface area contributed by atoms with E-state index in [-0.39, 0.29) is 23.9 Å². The van der Waals surface area contributed by atoms with E-state index in [0.717, 1.165) is 64.4 Å². The van der Waals surface area contributed by atoms with Gasteiger partial charge in [-0.25, -0.2) is 9.37 Å². The topological polar surface area (TPSA) is 95.7 Å². The standard InChI is InChI=1S/C34H28FN5O2/c1-20(41)42-25-14-11-23(12-15-25)37-29-18-24(13-9-21(29)19-36)40-31-7-3-2-5-26(31)33-27(6-4-8-32(33)40)34-38-28-16-10-22(35)17-30(28)39-34/h2-10,13,16-18,23,25,37H,11-12,14-15H2,1H3,(H,38,39). The summed E-state index contributed by atoms with van der Waals surface area (Å²) in [5.41, 5.74) is 6.60. The summed E-state index contributed by atoms with van der Waals surface area (Å²) in [6.45, 7) is 1.45. The number of aromatic nitrogens is 3. The van der Waals surface area contributed by atoms with Crippen molar-refractivity contribution in [3.63, 3.8) is 0 Å². The molecule has 2 N–H and O–H groups in total. The van der Waals surface area contributed by atoms with Gasteiger partial charge in [0.2, 0.25) is 0 Å². The van der Waals surface area contributed by atoms with E-state index in [1.54, 1.807) is 6.07 Å². The van der Waals surface area contributed by atoms with Crippen LogP contribution in [0.1, 0.15) is 38.2 Å². The molecule has 2 heterocycles. The molecule has 0 saturated heterocycles. The number of esters is 1. The van der Waals surface area contributed by atoms with Gasteiger partial charge < -0.3 is 19.6 Å². The Morgan fingerprint density at radius 2 is 1.83 bits per heavy atom. The van der Waals surface area contributed by atoms with Crippen LogP contribution in [-0.2, 0) is 9.53 Å². The van der Waals surface area contributed by atoms with Crippen molar-refractivity contribution in [2.45, 2.75) is 44.8 Å². The number of anilines is 1. The number of nitrogens with zero attached hydrogens (tertiary/aromatic N) is 3. The molecule has 1 fully saturated rings. The quantitative estimate of drug-likeness (QED) is 0.213. The second kappa shape index (κ2) is 10.3. The third-order valence-corrected chi connectivity index (χ3v) is 8.14. The van der Waals surface area contributed by atoms with Gasteiger partial charge in [-0.2, -0.15) is 5.26 Å². The second-order valence-corrected chi connectivity index (χ2v) is 10.9. The summed E-state index contributed by atoms with van der Waals surface area (Å²) in [7, 11) is 0. The molecule has 8 heteroatoms. The molecule has 0 bridgehead atoms. The number of H-pyrrole nitrogens is 1. The van der Waals surface area contributed by atoms with Crippen molar-refractivity contribution >= 4 is 44.5 Å². The highest BCUT2D eigenvalue weighted by Gasteiger charge is 2.24. The van der Waals surface area contributed by atoms with Crippen molar-refractivity contribution in [2.24, 2.45) is 0 Å². The molecule has 6 aromatic rings. The third-order valence-electron chi connectivity index (χ3n) is 8.14. The smallest absolute Gasteiger partial charge is 0.302 e. The summed E-state index contributed by atoms with van der Waals surface area (Å²) < 4.78 is 21.5. The lowest BCUT2D eigenvalue weighted by Gasteiger charge is -2.29. The lowest BCUT2D eigenvalue weighted by Crippen LogP contribution is -2.30. The SMILES string of the molecule is CC(=O)OC1CCC(Nc2cc(-n3c4ccccc4c4c(-c5nc6ccc(F)cc6[nH]5)cccc43)ccc2C#N)CC1. The lowest BCUT2D eigenvalue weighted by molar-refractivity contribution is -0.147. The van der Waals surface area contributed by atoms with Crippen LogP contribution in [0.4, 0.5) is 10.1 Å². The number of nitriles is 1. The lowest BCUT2D eigenvalue weighted by atomic mass is 9.92. The van der Waals surface area contributed by atoms with Crippen LogP contribution >= 0.6 is 0 Å². The number of carbonyl (C=O) groups is 1. The monoisotopic (exact) mass is 557 g/mol. The van der Waals surface area contributed by atoms with Gasteiger partial charge in [0.15, 0.2) is 0 Å². The molecule has 208 valence electrons. The van der Waals surface area contributed by atoms with Gasteiger partial charge in [-0.1, -0.05) is 30.3 Å². The first-order valence-corrected chi connectivity index (χ1v) is 14.1. The predicted molar refractivity (Wildman–Crippen MR) is 162 cm³/mol. The molecular formula is C34H28FN5O2. The van der Waals surface area contributed by atoms with Crippen LogP contribution in [-0.4, -0.2) is 32.7 Å². The average molecular weight is 558 g/mol. The van der Waals surface area contributed by atoms with Crippen LogP contribution in [0.2, 0.25) is 0 Å². The first-order chi connectivity index (χ1) is 20.5. The predicted octanol–water partition coefficient (Wildman–Crippen LogP) is 7.62. The van der Waals surface area contributed by atoms with E-state index in [0.29, 0.717) is 22.4 Å². The van der Waals surface area contributed by atoms with Crippen LogP contribution in [0.25, 0.3) is 49.9 Å². The van der Waals surface area contributed by atoms with Crippen LogP contribution in [0, 0.1) is 17.1 Å². The number of aromatic amines is 1. The minimum Gasteiger partial charge on any atom is -0.463 e. The Kier molecular flexibility index (Phi) is 6.35. The van der Waals surface area contributed by atoms with Crippen molar-refractivity contribution in [2.75, 3.05) is 5.32 Å². The number of halogens is 1. The van der Waals surface area contributed by atoms with Gasteiger partial charge >= 0.3 is 5.97 Å². The van der Waals surface area contributed by atoms with Crippen LogP contribution in [0.15, 0.2) is 78.9 Å². The number of hydrogen-bond acceptors (Lipinski definition) is 5. The van der Waals surface area contributed by atoms with Gasteiger partial charge in [-0.15, -0.1) is 0 Å². The molecule has 7 rings (SSSR count). The number of hydrogen-bond donors (Lipinski definition) is 2.